The molecule has 2 N–H and O–H groups in total. The van der Waals surface area contributed by atoms with E-state index >= 15 is 0 Å². The molecule has 0 aliphatic carbocycles. The van der Waals surface area contributed by atoms with Gasteiger partial charge in [-0.25, -0.2) is 0 Å². The number of amides is 2. The maximum absolute atomic E-state index is 12.5. The number of fused-ring (bicyclic) bond motifs is 1. The molecule has 0 saturated carbocycles. The Morgan fingerprint density at radius 1 is 1.23 bits per heavy atom. The van der Waals surface area contributed by atoms with Crippen molar-refractivity contribution in [3.8, 4) is 17.3 Å². The van der Waals surface area contributed by atoms with Gasteiger partial charge in [-0.05, 0) is 34.4 Å². The Kier molecular flexibility index (Phi) is 4.05. The summed E-state index contributed by atoms with van der Waals surface area (Å²) in [6, 6.07) is 13.8. The smallest absolute Gasteiger partial charge is 0.229 e. The quantitative estimate of drug-likeness (QED) is 0.835. The fourth-order valence-corrected chi connectivity index (χ4v) is 3.57. The van der Waals surface area contributed by atoms with Crippen LogP contribution in [0, 0.1) is 17.4 Å². The molecule has 2 aromatic carbocycles. The van der Waals surface area contributed by atoms with E-state index in [9.17, 15) is 14.9 Å². The van der Waals surface area contributed by atoms with Gasteiger partial charge < -0.3 is 15.5 Å². The van der Waals surface area contributed by atoms with Crippen LogP contribution in [0.3, 0.4) is 0 Å². The van der Waals surface area contributed by atoms with E-state index in [1.54, 1.807) is 4.90 Å². The van der Waals surface area contributed by atoms with Crippen molar-refractivity contribution in [2.45, 2.75) is 19.5 Å². The van der Waals surface area contributed by atoms with Crippen LogP contribution in [0.4, 0.5) is 5.69 Å². The molecule has 6 nitrogen and oxygen atoms in total. The van der Waals surface area contributed by atoms with Gasteiger partial charge in [-0.1, -0.05) is 30.3 Å². The minimum absolute atomic E-state index is 0.0891. The van der Waals surface area contributed by atoms with E-state index in [2.05, 4.69) is 16.8 Å². The van der Waals surface area contributed by atoms with Crippen molar-refractivity contribution in [2.24, 2.45) is 5.92 Å². The molecule has 4 rings (SSSR count). The van der Waals surface area contributed by atoms with Gasteiger partial charge in [0.25, 0.3) is 0 Å². The average molecular weight is 346 g/mol. The third kappa shape index (κ3) is 3.00. The molecule has 2 aliphatic heterocycles. The van der Waals surface area contributed by atoms with Crippen LogP contribution in [0.2, 0.25) is 0 Å². The minimum atomic E-state index is -0.341. The zero-order valence-corrected chi connectivity index (χ0v) is 14.2. The zero-order valence-electron chi connectivity index (χ0n) is 14.2. The van der Waals surface area contributed by atoms with Crippen molar-refractivity contribution in [1.29, 1.82) is 5.26 Å². The topological polar surface area (TPSA) is 85.2 Å². The maximum atomic E-state index is 12.5. The molecular formula is C20H18N4O2. The molecule has 0 spiro atoms. The number of hydrogen-bond donors (Lipinski definition) is 2. The second-order valence-corrected chi connectivity index (χ2v) is 6.68. The van der Waals surface area contributed by atoms with Crippen molar-refractivity contribution in [3.05, 3.63) is 53.6 Å². The summed E-state index contributed by atoms with van der Waals surface area (Å²) < 4.78 is 0. The molecule has 130 valence electrons. The van der Waals surface area contributed by atoms with Crippen LogP contribution < -0.4 is 10.6 Å². The van der Waals surface area contributed by atoms with Crippen LogP contribution in [0.1, 0.15) is 17.5 Å². The van der Waals surface area contributed by atoms with Gasteiger partial charge in [0, 0.05) is 18.7 Å². The van der Waals surface area contributed by atoms with Crippen LogP contribution in [-0.2, 0) is 22.7 Å². The molecule has 26 heavy (non-hydrogen) atoms. The van der Waals surface area contributed by atoms with Gasteiger partial charge in [-0.3, -0.25) is 9.59 Å². The van der Waals surface area contributed by atoms with E-state index < -0.39 is 0 Å². The lowest BCUT2D eigenvalue weighted by molar-refractivity contribution is -0.123. The molecule has 2 aliphatic rings. The number of carbonyl (C=O) groups is 2. The lowest BCUT2D eigenvalue weighted by atomic mass is 9.96. The van der Waals surface area contributed by atoms with Crippen molar-refractivity contribution < 1.29 is 9.59 Å². The lowest BCUT2D eigenvalue weighted by Gasteiger charge is -2.14. The van der Waals surface area contributed by atoms with Crippen LogP contribution in [-0.4, -0.2) is 23.3 Å². The van der Waals surface area contributed by atoms with Gasteiger partial charge >= 0.3 is 0 Å². The number of rotatable bonds is 3. The number of nitrogens with one attached hydrogen (secondary N) is 2. The summed E-state index contributed by atoms with van der Waals surface area (Å²) in [5.74, 6) is -0.585. The normalized spacial score (nSPS) is 18.2. The van der Waals surface area contributed by atoms with Gasteiger partial charge in [0.15, 0.2) is 6.19 Å². The molecule has 0 aromatic heterocycles. The number of nitrogens with zero attached hydrogens (tertiary/aromatic N) is 2. The van der Waals surface area contributed by atoms with Crippen molar-refractivity contribution >= 4 is 17.5 Å². The molecule has 1 unspecified atom stereocenters. The summed E-state index contributed by atoms with van der Waals surface area (Å²) in [5.41, 5.74) is 4.94. The van der Waals surface area contributed by atoms with Crippen molar-refractivity contribution in [1.82, 2.24) is 10.2 Å². The Balaban J connectivity index is 1.67. The van der Waals surface area contributed by atoms with Gasteiger partial charge in [-0.2, -0.15) is 5.26 Å². The molecule has 1 saturated heterocycles. The van der Waals surface area contributed by atoms with Gasteiger partial charge in [0.05, 0.1) is 19.0 Å². The zero-order chi connectivity index (χ0) is 18.1. The largest absolute Gasteiger partial charge is 0.355 e. The van der Waals surface area contributed by atoms with Crippen molar-refractivity contribution in [2.75, 3.05) is 11.9 Å². The Bertz CT molecular complexity index is 917. The highest BCUT2D eigenvalue weighted by Gasteiger charge is 2.29. The predicted octanol–water partition coefficient (Wildman–Crippen LogP) is 2.22. The predicted molar refractivity (Wildman–Crippen MR) is 96.5 cm³/mol. The van der Waals surface area contributed by atoms with Gasteiger partial charge in [0.2, 0.25) is 11.8 Å². The summed E-state index contributed by atoms with van der Waals surface area (Å²) in [7, 11) is 0. The third-order valence-corrected chi connectivity index (χ3v) is 4.89. The second-order valence-electron chi connectivity index (χ2n) is 6.68. The van der Waals surface area contributed by atoms with E-state index in [0.717, 1.165) is 22.3 Å². The van der Waals surface area contributed by atoms with Gasteiger partial charge in [-0.15, -0.1) is 0 Å². The molecule has 2 heterocycles. The van der Waals surface area contributed by atoms with E-state index in [-0.39, 0.29) is 24.2 Å². The number of benzene rings is 2. The minimum Gasteiger partial charge on any atom is -0.355 e. The third-order valence-electron chi connectivity index (χ3n) is 4.89. The summed E-state index contributed by atoms with van der Waals surface area (Å²) in [6.45, 7) is 1.49. The molecule has 1 atom stereocenters. The van der Waals surface area contributed by atoms with Gasteiger partial charge in [0.1, 0.15) is 0 Å². The standard InChI is InChI=1S/C20H18N4O2/c21-12-24-10-15-6-16(23-20(26)14-7-19(25)22-9-14)8-17(18(15)11-24)13-4-2-1-3-5-13/h1-6,8,14H,7,9-11H2,(H,22,25)(H,23,26). The van der Waals surface area contributed by atoms with E-state index in [1.165, 1.54) is 0 Å². The Morgan fingerprint density at radius 3 is 2.73 bits per heavy atom. The monoisotopic (exact) mass is 346 g/mol. The molecule has 0 radical (unpaired) electrons. The average Bonchev–Trinajstić information content (AvgIpc) is 3.27. The number of hydrogen-bond acceptors (Lipinski definition) is 4. The maximum Gasteiger partial charge on any atom is 0.229 e. The Morgan fingerprint density at radius 2 is 2.04 bits per heavy atom. The summed E-state index contributed by atoms with van der Waals surface area (Å²) >= 11 is 0. The molecule has 0 bridgehead atoms. The fourth-order valence-electron chi connectivity index (χ4n) is 3.57. The summed E-state index contributed by atoms with van der Waals surface area (Å²) in [6.07, 6.45) is 2.43. The highest BCUT2D eigenvalue weighted by Crippen LogP contribution is 2.35. The first kappa shape index (κ1) is 16.2. The molecular weight excluding hydrogens is 328 g/mol. The first-order valence-corrected chi connectivity index (χ1v) is 8.57. The number of anilines is 1. The summed E-state index contributed by atoms with van der Waals surface area (Å²) in [4.78, 5) is 25.5. The van der Waals surface area contributed by atoms with Crippen molar-refractivity contribution in [3.63, 3.8) is 0 Å². The SMILES string of the molecule is N#CN1Cc2cc(NC(=O)C3CNC(=O)C3)cc(-c3ccccc3)c2C1. The Hall–Kier alpha value is -3.33. The molecule has 6 heteroatoms. The van der Waals surface area contributed by atoms with E-state index in [1.807, 2.05) is 42.5 Å². The second kappa shape index (κ2) is 6.52. The molecule has 2 aromatic rings. The summed E-state index contributed by atoms with van der Waals surface area (Å²) in [5, 5.41) is 14.9. The van der Waals surface area contributed by atoms with Crippen LogP contribution in [0.5, 0.6) is 0 Å². The van der Waals surface area contributed by atoms with Crippen LogP contribution in [0.15, 0.2) is 42.5 Å². The first-order valence-electron chi connectivity index (χ1n) is 8.57. The lowest BCUT2D eigenvalue weighted by Crippen LogP contribution is -2.24. The van der Waals surface area contributed by atoms with Crippen LogP contribution >= 0.6 is 0 Å². The fraction of sp³-hybridized carbons (Fsp3) is 0.250. The molecule has 1 fully saturated rings. The Labute approximate surface area is 151 Å². The molecule has 2 amide bonds. The highest BCUT2D eigenvalue weighted by atomic mass is 16.2. The number of carbonyl (C=O) groups excluding carboxylic acids is 2. The van der Waals surface area contributed by atoms with Crippen LogP contribution in [0.25, 0.3) is 11.1 Å². The van der Waals surface area contributed by atoms with E-state index in [4.69, 9.17) is 0 Å². The number of nitriles is 1. The van der Waals surface area contributed by atoms with E-state index in [0.29, 0.717) is 25.3 Å². The first-order chi connectivity index (χ1) is 12.6. The highest BCUT2D eigenvalue weighted by molar-refractivity contribution is 5.97.